The molecule has 0 aromatic heterocycles. The lowest BCUT2D eigenvalue weighted by molar-refractivity contribution is 0.163. The Morgan fingerprint density at radius 2 is 2.00 bits per heavy atom. The molecule has 0 amide bonds. The quantitative estimate of drug-likeness (QED) is 0.841. The minimum Gasteiger partial charge on any atom is -0.378 e. The summed E-state index contributed by atoms with van der Waals surface area (Å²) in [4.78, 5) is 0. The number of rotatable bonds is 3. The summed E-state index contributed by atoms with van der Waals surface area (Å²) in [6, 6.07) is 7.34. The van der Waals surface area contributed by atoms with Crippen molar-refractivity contribution in [2.45, 2.75) is 6.43 Å². The fourth-order valence-corrected chi connectivity index (χ4v) is 1.37. The van der Waals surface area contributed by atoms with E-state index in [9.17, 15) is 8.78 Å². The Bertz CT molecular complexity index is 253. The molecule has 4 heteroatoms. The van der Waals surface area contributed by atoms with Crippen LogP contribution < -0.4 is 5.32 Å². The first kappa shape index (κ1) is 9.70. The maximum atomic E-state index is 11.8. The Labute approximate surface area is 83.3 Å². The third-order valence-corrected chi connectivity index (χ3v) is 2.26. The molecular formula is C8H8F2IN. The van der Waals surface area contributed by atoms with Crippen molar-refractivity contribution >= 4 is 28.3 Å². The van der Waals surface area contributed by atoms with Gasteiger partial charge in [-0.25, -0.2) is 8.78 Å². The summed E-state index contributed by atoms with van der Waals surface area (Å²) in [5.41, 5.74) is 0.762. The first-order chi connectivity index (χ1) is 5.70. The van der Waals surface area contributed by atoms with Gasteiger partial charge in [0.2, 0.25) is 0 Å². The molecule has 12 heavy (non-hydrogen) atoms. The zero-order valence-electron chi connectivity index (χ0n) is 6.23. The van der Waals surface area contributed by atoms with Crippen LogP contribution in [0.4, 0.5) is 14.5 Å². The van der Waals surface area contributed by atoms with Crippen LogP contribution in [-0.2, 0) is 0 Å². The fraction of sp³-hybridized carbons (Fsp3) is 0.250. The molecule has 0 atom stereocenters. The highest BCUT2D eigenvalue weighted by molar-refractivity contribution is 14.1. The summed E-state index contributed by atoms with van der Waals surface area (Å²) in [6.07, 6.45) is -2.30. The van der Waals surface area contributed by atoms with Gasteiger partial charge in [-0.2, -0.15) is 0 Å². The molecule has 0 saturated carbocycles. The standard InChI is InChI=1S/C8H8F2IN/c9-8(10)5-12-7-4-2-1-3-6(7)11/h1-4,8,12H,5H2. The summed E-state index contributed by atoms with van der Waals surface area (Å²) >= 11 is 2.10. The first-order valence-electron chi connectivity index (χ1n) is 3.46. The van der Waals surface area contributed by atoms with Crippen LogP contribution in [0.3, 0.4) is 0 Å². The highest BCUT2D eigenvalue weighted by Crippen LogP contribution is 2.16. The van der Waals surface area contributed by atoms with E-state index in [0.717, 1.165) is 9.26 Å². The zero-order valence-corrected chi connectivity index (χ0v) is 8.39. The van der Waals surface area contributed by atoms with Gasteiger partial charge < -0.3 is 5.32 Å². The number of anilines is 1. The first-order valence-corrected chi connectivity index (χ1v) is 4.54. The number of hydrogen-bond acceptors (Lipinski definition) is 1. The number of hydrogen-bond donors (Lipinski definition) is 1. The highest BCUT2D eigenvalue weighted by Gasteiger charge is 2.02. The second kappa shape index (κ2) is 4.59. The average molecular weight is 283 g/mol. The van der Waals surface area contributed by atoms with E-state index < -0.39 is 6.43 Å². The van der Waals surface area contributed by atoms with Crippen LogP contribution in [0.2, 0.25) is 0 Å². The summed E-state index contributed by atoms with van der Waals surface area (Å²) in [7, 11) is 0. The lowest BCUT2D eigenvalue weighted by Crippen LogP contribution is -2.10. The second-order valence-electron chi connectivity index (χ2n) is 2.25. The van der Waals surface area contributed by atoms with Gasteiger partial charge in [0.15, 0.2) is 0 Å². The molecule has 0 heterocycles. The Hall–Kier alpha value is -0.390. The van der Waals surface area contributed by atoms with Crippen LogP contribution in [0.15, 0.2) is 24.3 Å². The van der Waals surface area contributed by atoms with Gasteiger partial charge in [0.1, 0.15) is 0 Å². The summed E-state index contributed by atoms with van der Waals surface area (Å²) in [5.74, 6) is 0. The molecule has 66 valence electrons. The molecular weight excluding hydrogens is 275 g/mol. The van der Waals surface area contributed by atoms with Crippen LogP contribution in [0.5, 0.6) is 0 Å². The third-order valence-electron chi connectivity index (χ3n) is 1.32. The monoisotopic (exact) mass is 283 g/mol. The third kappa shape index (κ3) is 2.92. The van der Waals surface area contributed by atoms with E-state index in [1.165, 1.54) is 0 Å². The zero-order chi connectivity index (χ0) is 8.97. The number of para-hydroxylation sites is 1. The van der Waals surface area contributed by atoms with Gasteiger partial charge in [-0.15, -0.1) is 0 Å². The van der Waals surface area contributed by atoms with E-state index >= 15 is 0 Å². The predicted octanol–water partition coefficient (Wildman–Crippen LogP) is 2.97. The molecule has 0 unspecified atom stereocenters. The fourth-order valence-electron chi connectivity index (χ4n) is 0.792. The molecule has 0 spiro atoms. The van der Waals surface area contributed by atoms with Crippen LogP contribution in [0, 0.1) is 3.57 Å². The molecule has 1 rings (SSSR count). The molecule has 0 fully saturated rings. The molecule has 1 aromatic rings. The van der Waals surface area contributed by atoms with Crippen molar-refractivity contribution in [2.75, 3.05) is 11.9 Å². The Morgan fingerprint density at radius 3 is 2.58 bits per heavy atom. The Balaban J connectivity index is 2.57. The Kier molecular flexibility index (Phi) is 3.71. The van der Waals surface area contributed by atoms with Crippen LogP contribution in [-0.4, -0.2) is 13.0 Å². The van der Waals surface area contributed by atoms with Crippen molar-refractivity contribution in [3.05, 3.63) is 27.8 Å². The number of nitrogens with one attached hydrogen (secondary N) is 1. The molecule has 1 N–H and O–H groups in total. The second-order valence-corrected chi connectivity index (χ2v) is 3.41. The van der Waals surface area contributed by atoms with E-state index in [4.69, 9.17) is 0 Å². The van der Waals surface area contributed by atoms with Gasteiger partial charge in [-0.1, -0.05) is 12.1 Å². The smallest absolute Gasteiger partial charge is 0.255 e. The molecule has 0 aliphatic rings. The highest BCUT2D eigenvalue weighted by atomic mass is 127. The molecule has 0 aliphatic heterocycles. The van der Waals surface area contributed by atoms with Crippen molar-refractivity contribution < 1.29 is 8.78 Å². The van der Waals surface area contributed by atoms with Gasteiger partial charge in [-0.05, 0) is 34.7 Å². The van der Waals surface area contributed by atoms with Gasteiger partial charge in [0.05, 0.1) is 6.54 Å². The van der Waals surface area contributed by atoms with Gasteiger partial charge in [0, 0.05) is 9.26 Å². The minimum atomic E-state index is -2.30. The maximum absolute atomic E-state index is 11.8. The van der Waals surface area contributed by atoms with E-state index in [2.05, 4.69) is 27.9 Å². The van der Waals surface area contributed by atoms with Crippen molar-refractivity contribution in [3.63, 3.8) is 0 Å². The maximum Gasteiger partial charge on any atom is 0.255 e. The van der Waals surface area contributed by atoms with Crippen molar-refractivity contribution in [1.82, 2.24) is 0 Å². The summed E-state index contributed by atoms with van der Waals surface area (Å²) in [5, 5.41) is 2.65. The van der Waals surface area contributed by atoms with Gasteiger partial charge >= 0.3 is 0 Å². The number of halogens is 3. The van der Waals surface area contributed by atoms with Crippen molar-refractivity contribution in [1.29, 1.82) is 0 Å². The molecule has 1 aromatic carbocycles. The normalized spacial score (nSPS) is 10.3. The average Bonchev–Trinajstić information content (AvgIpc) is 2.03. The molecule has 1 nitrogen and oxygen atoms in total. The summed E-state index contributed by atoms with van der Waals surface area (Å²) < 4.78 is 24.5. The molecule has 0 bridgehead atoms. The lowest BCUT2D eigenvalue weighted by Gasteiger charge is -2.06. The van der Waals surface area contributed by atoms with E-state index in [1.54, 1.807) is 6.07 Å². The van der Waals surface area contributed by atoms with E-state index in [1.807, 2.05) is 18.2 Å². The Morgan fingerprint density at radius 1 is 1.33 bits per heavy atom. The lowest BCUT2D eigenvalue weighted by atomic mass is 10.3. The van der Waals surface area contributed by atoms with Crippen molar-refractivity contribution in [2.24, 2.45) is 0 Å². The predicted molar refractivity (Wildman–Crippen MR) is 53.7 cm³/mol. The van der Waals surface area contributed by atoms with Crippen molar-refractivity contribution in [3.8, 4) is 0 Å². The van der Waals surface area contributed by atoms with Crippen LogP contribution >= 0.6 is 22.6 Å². The molecule has 0 saturated heterocycles. The van der Waals surface area contributed by atoms with E-state index in [0.29, 0.717) is 0 Å². The van der Waals surface area contributed by atoms with Gasteiger partial charge in [0.25, 0.3) is 6.43 Å². The number of benzene rings is 1. The minimum absolute atomic E-state index is 0.292. The topological polar surface area (TPSA) is 12.0 Å². The van der Waals surface area contributed by atoms with Gasteiger partial charge in [-0.3, -0.25) is 0 Å². The van der Waals surface area contributed by atoms with Crippen LogP contribution in [0.1, 0.15) is 0 Å². The molecule has 0 radical (unpaired) electrons. The van der Waals surface area contributed by atoms with E-state index in [-0.39, 0.29) is 6.54 Å². The molecule has 0 aliphatic carbocycles. The number of alkyl halides is 2. The SMILES string of the molecule is FC(F)CNc1ccccc1I. The summed E-state index contributed by atoms with van der Waals surface area (Å²) in [6.45, 7) is -0.292. The van der Waals surface area contributed by atoms with Crippen LogP contribution in [0.25, 0.3) is 0 Å². The largest absolute Gasteiger partial charge is 0.378 e.